The summed E-state index contributed by atoms with van der Waals surface area (Å²) in [6, 6.07) is 14.3. The molecule has 0 radical (unpaired) electrons. The molecule has 0 aliphatic rings. The van der Waals surface area contributed by atoms with Gasteiger partial charge in [-0.1, -0.05) is 30.3 Å². The van der Waals surface area contributed by atoms with Gasteiger partial charge in [0.05, 0.1) is 13.0 Å². The molecule has 12 heteroatoms. The number of hydrogen-bond acceptors (Lipinski definition) is 7. The average Bonchev–Trinajstić information content (AvgIpc) is 2.85. The number of aromatic nitrogens is 2. The Balaban J connectivity index is 1.55. The molecule has 0 fully saturated rings. The summed E-state index contributed by atoms with van der Waals surface area (Å²) in [6.45, 7) is 0.777. The lowest BCUT2D eigenvalue weighted by Crippen LogP contribution is -2.35. The van der Waals surface area contributed by atoms with Gasteiger partial charge in [-0.2, -0.15) is 0 Å². The monoisotopic (exact) mass is 512 g/mol. The van der Waals surface area contributed by atoms with Gasteiger partial charge in [0.15, 0.2) is 16.7 Å². The Morgan fingerprint density at radius 1 is 1.08 bits per heavy atom. The smallest absolute Gasteiger partial charge is 0.322 e. The fourth-order valence-corrected chi connectivity index (χ4v) is 3.12. The fraction of sp³-hybridized carbons (Fsp3) is 0.208. The lowest BCUT2D eigenvalue weighted by atomic mass is 10.1. The van der Waals surface area contributed by atoms with Crippen LogP contribution in [0.5, 0.6) is 11.6 Å². The first-order chi connectivity index (χ1) is 17.3. The predicted octanol–water partition coefficient (Wildman–Crippen LogP) is 3.57. The molecule has 10 nitrogen and oxygen atoms in total. The number of methoxy groups -OCH3 is 1. The number of nitrogens with zero attached hydrogens (tertiary/aromatic N) is 3. The van der Waals surface area contributed by atoms with Crippen molar-refractivity contribution in [2.45, 2.75) is 6.42 Å². The first-order valence-electron chi connectivity index (χ1n) is 10.8. The molecule has 1 heterocycles. The van der Waals surface area contributed by atoms with E-state index in [4.69, 9.17) is 21.7 Å². The summed E-state index contributed by atoms with van der Waals surface area (Å²) in [7, 11) is 3.15. The van der Waals surface area contributed by atoms with Crippen LogP contribution < -0.4 is 20.7 Å². The van der Waals surface area contributed by atoms with Crippen LogP contribution in [-0.2, 0) is 16.0 Å². The summed E-state index contributed by atoms with van der Waals surface area (Å²) in [5.41, 5.74) is 1.16. The van der Waals surface area contributed by atoms with Crippen LogP contribution in [0, 0.1) is 5.82 Å². The summed E-state index contributed by atoms with van der Waals surface area (Å²) < 4.78 is 25.1. The Labute approximate surface area is 212 Å². The summed E-state index contributed by atoms with van der Waals surface area (Å²) in [6.07, 6.45) is 1.35. The maximum atomic E-state index is 14.6. The van der Waals surface area contributed by atoms with Crippen LogP contribution in [0.4, 0.5) is 20.7 Å². The van der Waals surface area contributed by atoms with Crippen LogP contribution in [-0.4, -0.2) is 59.2 Å². The second kappa shape index (κ2) is 13.1. The second-order valence-electron chi connectivity index (χ2n) is 7.50. The number of amides is 3. The van der Waals surface area contributed by atoms with Crippen molar-refractivity contribution in [2.75, 3.05) is 37.9 Å². The Bertz CT molecular complexity index is 1210. The van der Waals surface area contributed by atoms with Gasteiger partial charge in [0, 0.05) is 38.5 Å². The van der Waals surface area contributed by atoms with Gasteiger partial charge in [-0.15, -0.1) is 0 Å². The van der Waals surface area contributed by atoms with E-state index >= 15 is 0 Å². The van der Waals surface area contributed by atoms with E-state index in [1.165, 1.54) is 35.5 Å². The van der Waals surface area contributed by atoms with Gasteiger partial charge in [-0.3, -0.25) is 10.1 Å². The molecule has 2 aromatic carbocycles. The largest absolute Gasteiger partial charge is 0.436 e. The quantitative estimate of drug-likeness (QED) is 0.373. The number of likely N-dealkylation sites (N-methyl/N-ethyl adjacent to an activating group) is 1. The molecule has 0 saturated carbocycles. The van der Waals surface area contributed by atoms with Crippen molar-refractivity contribution in [3.8, 4) is 11.6 Å². The third kappa shape index (κ3) is 8.25. The Hall–Kier alpha value is -4.16. The zero-order valence-corrected chi connectivity index (χ0v) is 20.5. The third-order valence-corrected chi connectivity index (χ3v) is 4.92. The molecule has 0 atom stereocenters. The number of nitrogens with one attached hydrogen (secondary N) is 3. The molecule has 0 aliphatic heterocycles. The van der Waals surface area contributed by atoms with Crippen molar-refractivity contribution >= 4 is 40.8 Å². The van der Waals surface area contributed by atoms with E-state index in [2.05, 4.69) is 25.9 Å². The highest BCUT2D eigenvalue weighted by atomic mass is 32.1. The van der Waals surface area contributed by atoms with E-state index < -0.39 is 11.8 Å². The number of anilines is 2. The molecule has 3 N–H and O–H groups in total. The van der Waals surface area contributed by atoms with Crippen molar-refractivity contribution < 1.29 is 23.5 Å². The molecule has 0 bridgehead atoms. The van der Waals surface area contributed by atoms with Crippen LogP contribution in [0.25, 0.3) is 0 Å². The first kappa shape index (κ1) is 26.4. The molecule has 36 heavy (non-hydrogen) atoms. The van der Waals surface area contributed by atoms with Crippen LogP contribution in [0.1, 0.15) is 5.56 Å². The maximum Gasteiger partial charge on any atom is 0.322 e. The van der Waals surface area contributed by atoms with Crippen molar-refractivity contribution in [2.24, 2.45) is 0 Å². The lowest BCUT2D eigenvalue weighted by molar-refractivity contribution is -0.119. The minimum atomic E-state index is -0.693. The van der Waals surface area contributed by atoms with Crippen molar-refractivity contribution in [1.82, 2.24) is 20.2 Å². The first-order valence-corrected chi connectivity index (χ1v) is 11.2. The zero-order valence-electron chi connectivity index (χ0n) is 19.7. The molecule has 0 saturated heterocycles. The van der Waals surface area contributed by atoms with Crippen molar-refractivity contribution in [3.63, 3.8) is 0 Å². The number of thiocarbonyl (C=S) groups is 1. The highest BCUT2D eigenvalue weighted by Gasteiger charge is 2.13. The third-order valence-electron chi connectivity index (χ3n) is 4.72. The van der Waals surface area contributed by atoms with Gasteiger partial charge in [0.2, 0.25) is 11.8 Å². The average molecular weight is 513 g/mol. The molecule has 0 unspecified atom stereocenters. The van der Waals surface area contributed by atoms with Crippen molar-refractivity contribution in [3.05, 3.63) is 72.3 Å². The predicted molar refractivity (Wildman–Crippen MR) is 137 cm³/mol. The number of urea groups is 1. The lowest BCUT2D eigenvalue weighted by Gasteiger charge is -2.17. The number of carbonyl (C=O) groups excluding carboxylic acids is 2. The minimum absolute atomic E-state index is 0.0307. The van der Waals surface area contributed by atoms with Gasteiger partial charge >= 0.3 is 6.03 Å². The number of hydrogen-bond donors (Lipinski definition) is 3. The Morgan fingerprint density at radius 2 is 1.86 bits per heavy atom. The highest BCUT2D eigenvalue weighted by molar-refractivity contribution is 7.80. The minimum Gasteiger partial charge on any atom is -0.436 e. The van der Waals surface area contributed by atoms with E-state index in [0.29, 0.717) is 18.8 Å². The second-order valence-corrected chi connectivity index (χ2v) is 7.91. The van der Waals surface area contributed by atoms with Crippen LogP contribution in [0.3, 0.4) is 0 Å². The Kier molecular flexibility index (Phi) is 9.60. The maximum absolute atomic E-state index is 14.6. The molecule has 3 aromatic rings. The van der Waals surface area contributed by atoms with Gasteiger partial charge in [0.1, 0.15) is 12.1 Å². The highest BCUT2D eigenvalue weighted by Crippen LogP contribution is 2.26. The van der Waals surface area contributed by atoms with Crippen LogP contribution in [0.2, 0.25) is 0 Å². The van der Waals surface area contributed by atoms with Crippen LogP contribution >= 0.6 is 12.2 Å². The summed E-state index contributed by atoms with van der Waals surface area (Å²) >= 11 is 5.14. The number of halogens is 1. The van der Waals surface area contributed by atoms with Gasteiger partial charge in [0.25, 0.3) is 0 Å². The molecule has 3 rings (SSSR count). The molecular weight excluding hydrogens is 487 g/mol. The molecule has 188 valence electrons. The SMILES string of the molecule is COCCN(C)C(=O)Nc1cc(Oc2ccc(NC(=S)NC(=O)Cc3ccccc3)cc2F)ncn1. The van der Waals surface area contributed by atoms with Crippen molar-refractivity contribution in [1.29, 1.82) is 0 Å². The molecule has 0 aliphatic carbocycles. The van der Waals surface area contributed by atoms with E-state index in [1.54, 1.807) is 14.2 Å². The van der Waals surface area contributed by atoms with E-state index in [-0.39, 0.29) is 34.9 Å². The standard InChI is InChI=1S/C24H25FN6O4S/c1-31(10-11-34-2)24(33)29-20-14-22(27-15-26-20)35-19-9-8-17(13-18(19)25)28-23(36)30-21(32)12-16-6-4-3-5-7-16/h3-9,13-15H,10-12H2,1-2H3,(H,26,27,29,33)(H2,28,30,32,36). The topological polar surface area (TPSA) is 118 Å². The fourth-order valence-electron chi connectivity index (χ4n) is 2.89. The molecule has 0 spiro atoms. The summed E-state index contributed by atoms with van der Waals surface area (Å²) in [5.74, 6) is -0.877. The van der Waals surface area contributed by atoms with E-state index in [0.717, 1.165) is 5.56 Å². The molecule has 1 aromatic heterocycles. The number of ether oxygens (including phenoxy) is 2. The zero-order chi connectivity index (χ0) is 25.9. The summed E-state index contributed by atoms with van der Waals surface area (Å²) in [4.78, 5) is 33.7. The van der Waals surface area contributed by atoms with E-state index in [1.807, 2.05) is 30.3 Å². The summed E-state index contributed by atoms with van der Waals surface area (Å²) in [5, 5.41) is 7.96. The molecular formula is C24H25FN6O4S. The van der Waals surface area contributed by atoms with Crippen LogP contribution in [0.15, 0.2) is 60.9 Å². The van der Waals surface area contributed by atoms with E-state index in [9.17, 15) is 14.0 Å². The number of carbonyl (C=O) groups is 2. The number of benzene rings is 2. The number of rotatable bonds is 9. The van der Waals surface area contributed by atoms with Gasteiger partial charge < -0.3 is 25.0 Å². The van der Waals surface area contributed by atoms with Gasteiger partial charge in [-0.25, -0.2) is 19.2 Å². The normalized spacial score (nSPS) is 10.3. The Morgan fingerprint density at radius 3 is 2.58 bits per heavy atom. The van der Waals surface area contributed by atoms with Gasteiger partial charge in [-0.05, 0) is 29.9 Å². The molecule has 3 amide bonds.